The van der Waals surface area contributed by atoms with Crippen LogP contribution in [0.2, 0.25) is 0 Å². The van der Waals surface area contributed by atoms with Crippen molar-refractivity contribution < 1.29 is 73.0 Å². The summed E-state index contributed by atoms with van der Waals surface area (Å²) < 4.78 is 27.6. The molecule has 3 aliphatic rings. The molecule has 39 heavy (non-hydrogen) atoms. The standard InChI is InChI=1S/C28H25NO9.Na/c1-34-21-7-14(8-22(35-2)26(21)30)23-16-9-19-20(38-12-37-19)10-17(16)25(18-11-36-28(33)24(18)23)29-15-5-3-13(4-6-15)27(31)32;/h3-10,18,23-25,29-30H,11-12H2,1-2H3,(H,31,32);/q;+1/p-1/t18-,23+,24-,25+;/m0./s1. The van der Waals surface area contributed by atoms with Gasteiger partial charge in [0, 0.05) is 17.5 Å². The molecule has 196 valence electrons. The number of rotatable bonds is 6. The summed E-state index contributed by atoms with van der Waals surface area (Å²) in [6.07, 6.45) is 0. The van der Waals surface area contributed by atoms with Gasteiger partial charge in [0.2, 0.25) is 6.79 Å². The van der Waals surface area contributed by atoms with E-state index < -0.39 is 17.8 Å². The predicted molar refractivity (Wildman–Crippen MR) is 131 cm³/mol. The number of carbonyl (C=O) groups excluding carboxylic acids is 1. The summed E-state index contributed by atoms with van der Waals surface area (Å²) in [7, 11) is 2.82. The van der Waals surface area contributed by atoms with Crippen molar-refractivity contribution in [2.24, 2.45) is 11.8 Å². The summed E-state index contributed by atoms with van der Waals surface area (Å²) in [5, 5.41) is 25.4. The van der Waals surface area contributed by atoms with Crippen molar-refractivity contribution in [3.05, 3.63) is 70.8 Å². The summed E-state index contributed by atoms with van der Waals surface area (Å²) in [5.41, 5.74) is 3.24. The fraction of sp³-hybridized carbons (Fsp3) is 0.286. The topological polar surface area (TPSA) is 136 Å². The van der Waals surface area contributed by atoms with Gasteiger partial charge in [0.1, 0.15) is 11.5 Å². The SMILES string of the molecule is COc1cc([C@@H]2c3cc4c(cc3[C@@H](Nc3ccc(C(=O)O)cc3)[C@H]3COC(=O)[C@H]23)OCO4)cc(OC)c1[O-].[Na+]. The van der Waals surface area contributed by atoms with Crippen LogP contribution in [-0.2, 0) is 9.53 Å². The molecule has 11 heteroatoms. The minimum atomic E-state index is -1.01. The third kappa shape index (κ3) is 4.52. The Labute approximate surface area is 246 Å². The molecular weight excluding hydrogens is 517 g/mol. The Morgan fingerprint density at radius 2 is 1.59 bits per heavy atom. The average Bonchev–Trinajstić information content (AvgIpc) is 3.54. The van der Waals surface area contributed by atoms with E-state index in [0.717, 1.165) is 11.1 Å². The van der Waals surface area contributed by atoms with Gasteiger partial charge in [0.05, 0.1) is 38.3 Å². The van der Waals surface area contributed by atoms with Crippen LogP contribution in [0.25, 0.3) is 0 Å². The van der Waals surface area contributed by atoms with Gasteiger partial charge in [0.25, 0.3) is 0 Å². The number of methoxy groups -OCH3 is 2. The van der Waals surface area contributed by atoms with Gasteiger partial charge in [-0.2, -0.15) is 0 Å². The van der Waals surface area contributed by atoms with Crippen LogP contribution in [0, 0.1) is 11.8 Å². The van der Waals surface area contributed by atoms with E-state index in [0.29, 0.717) is 22.7 Å². The number of aromatic carboxylic acids is 1. The number of ether oxygens (including phenoxy) is 5. The second-order valence-electron chi connectivity index (χ2n) is 9.39. The first-order valence-electron chi connectivity index (χ1n) is 12.0. The zero-order valence-corrected chi connectivity index (χ0v) is 23.6. The van der Waals surface area contributed by atoms with Crippen LogP contribution in [0.5, 0.6) is 28.7 Å². The molecule has 10 nitrogen and oxygen atoms in total. The van der Waals surface area contributed by atoms with Crippen LogP contribution in [0.3, 0.4) is 0 Å². The Kier molecular flexibility index (Phi) is 7.28. The first-order chi connectivity index (χ1) is 18.4. The summed E-state index contributed by atoms with van der Waals surface area (Å²) >= 11 is 0. The normalized spacial score (nSPS) is 22.2. The minimum Gasteiger partial charge on any atom is -0.867 e. The van der Waals surface area contributed by atoms with Crippen molar-refractivity contribution in [2.45, 2.75) is 12.0 Å². The summed E-state index contributed by atoms with van der Waals surface area (Å²) in [4.78, 5) is 24.5. The van der Waals surface area contributed by atoms with Crippen molar-refractivity contribution in [1.29, 1.82) is 0 Å². The van der Waals surface area contributed by atoms with E-state index in [1.54, 1.807) is 24.3 Å². The second kappa shape index (κ2) is 10.5. The van der Waals surface area contributed by atoms with Gasteiger partial charge in [-0.15, -0.1) is 0 Å². The number of anilines is 1. The molecule has 1 aliphatic carbocycles. The van der Waals surface area contributed by atoms with Crippen LogP contribution >= 0.6 is 0 Å². The molecule has 1 saturated heterocycles. The number of carboxylic acids is 1. The van der Waals surface area contributed by atoms with Gasteiger partial charge >= 0.3 is 41.5 Å². The van der Waals surface area contributed by atoms with Crippen molar-refractivity contribution in [3.63, 3.8) is 0 Å². The Bertz CT molecular complexity index is 1420. The smallest absolute Gasteiger partial charge is 0.867 e. The van der Waals surface area contributed by atoms with E-state index in [9.17, 15) is 19.8 Å². The number of hydrogen-bond donors (Lipinski definition) is 2. The number of carbonyl (C=O) groups is 2. The summed E-state index contributed by atoms with van der Waals surface area (Å²) in [6, 6.07) is 13.1. The number of fused-ring (bicyclic) bond motifs is 3. The molecule has 3 aromatic carbocycles. The molecule has 0 saturated carbocycles. The summed E-state index contributed by atoms with van der Waals surface area (Å²) in [5.74, 6) is -1.70. The molecule has 4 atom stereocenters. The number of nitrogens with one attached hydrogen (secondary N) is 1. The first-order valence-corrected chi connectivity index (χ1v) is 12.0. The third-order valence-corrected chi connectivity index (χ3v) is 7.48. The predicted octanol–water partition coefficient (Wildman–Crippen LogP) is 0.296. The third-order valence-electron chi connectivity index (χ3n) is 7.48. The van der Waals surface area contributed by atoms with Crippen LogP contribution < -0.4 is 58.9 Å². The Morgan fingerprint density at radius 3 is 2.18 bits per heavy atom. The Balaban J connectivity index is 0.00000308. The molecule has 2 aliphatic heterocycles. The molecule has 0 unspecified atom stereocenters. The van der Waals surface area contributed by atoms with Gasteiger partial charge in [-0.1, -0.05) is 0 Å². The molecule has 0 amide bonds. The molecule has 0 radical (unpaired) electrons. The van der Waals surface area contributed by atoms with E-state index in [-0.39, 0.29) is 83.7 Å². The zero-order valence-electron chi connectivity index (χ0n) is 21.6. The van der Waals surface area contributed by atoms with Gasteiger partial charge in [-0.3, -0.25) is 4.79 Å². The molecule has 0 spiro atoms. The van der Waals surface area contributed by atoms with Gasteiger partial charge < -0.3 is 39.2 Å². The monoisotopic (exact) mass is 541 g/mol. The van der Waals surface area contributed by atoms with E-state index in [4.69, 9.17) is 23.7 Å². The number of hydrogen-bond acceptors (Lipinski definition) is 9. The second-order valence-corrected chi connectivity index (χ2v) is 9.39. The number of benzene rings is 3. The van der Waals surface area contributed by atoms with Gasteiger partial charge in [-0.25, -0.2) is 4.79 Å². The van der Waals surface area contributed by atoms with Crippen molar-refractivity contribution in [2.75, 3.05) is 32.9 Å². The molecular formula is C28H24NNaO9. The molecule has 3 aromatic rings. The van der Waals surface area contributed by atoms with E-state index in [1.165, 1.54) is 26.4 Å². The van der Waals surface area contributed by atoms with E-state index in [1.807, 2.05) is 12.1 Å². The zero-order chi connectivity index (χ0) is 26.6. The van der Waals surface area contributed by atoms with Crippen LogP contribution in [0.4, 0.5) is 5.69 Å². The van der Waals surface area contributed by atoms with E-state index >= 15 is 0 Å². The van der Waals surface area contributed by atoms with E-state index in [2.05, 4.69) is 5.32 Å². The minimum absolute atomic E-state index is 0. The molecule has 6 rings (SSSR count). The fourth-order valence-corrected chi connectivity index (χ4v) is 5.72. The molecule has 1 fully saturated rings. The van der Waals surface area contributed by atoms with Crippen LogP contribution in [-0.4, -0.2) is 44.7 Å². The maximum atomic E-state index is 13.2. The van der Waals surface area contributed by atoms with Crippen molar-refractivity contribution in [1.82, 2.24) is 0 Å². The average molecular weight is 541 g/mol. The van der Waals surface area contributed by atoms with Crippen molar-refractivity contribution in [3.8, 4) is 28.7 Å². The van der Waals surface area contributed by atoms with Gasteiger partial charge in [0.15, 0.2) is 11.5 Å². The molecule has 2 N–H and O–H groups in total. The number of cyclic esters (lactones) is 1. The first kappa shape index (κ1) is 27.0. The summed E-state index contributed by atoms with van der Waals surface area (Å²) in [6.45, 7) is 0.270. The van der Waals surface area contributed by atoms with Crippen LogP contribution in [0.15, 0.2) is 48.5 Å². The Hall–Kier alpha value is -3.60. The van der Waals surface area contributed by atoms with Crippen molar-refractivity contribution >= 4 is 17.6 Å². The quantitative estimate of drug-likeness (QED) is 0.331. The van der Waals surface area contributed by atoms with Gasteiger partial charge in [-0.05, 0) is 71.0 Å². The molecule has 0 bridgehead atoms. The fourth-order valence-electron chi connectivity index (χ4n) is 5.72. The largest absolute Gasteiger partial charge is 1.00 e. The number of carboxylic acid groups (broad SMARTS) is 1. The molecule has 0 aromatic heterocycles. The van der Waals surface area contributed by atoms with Crippen LogP contribution in [0.1, 0.15) is 39.0 Å². The number of esters is 1. The Morgan fingerprint density at radius 1 is 0.974 bits per heavy atom. The maximum absolute atomic E-state index is 13.2. The molecule has 2 heterocycles. The maximum Gasteiger partial charge on any atom is 1.00 e.